The highest BCUT2D eigenvalue weighted by molar-refractivity contribution is 7.91. The molecule has 10 heteroatoms. The van der Waals surface area contributed by atoms with Crippen molar-refractivity contribution in [3.8, 4) is 5.75 Å². The Morgan fingerprint density at radius 3 is 2.55 bits per heavy atom. The fourth-order valence-electron chi connectivity index (χ4n) is 4.15. The van der Waals surface area contributed by atoms with Gasteiger partial charge in [-0.3, -0.25) is 0 Å². The number of benzene rings is 2. The minimum Gasteiger partial charge on any atom is -0.616 e. The van der Waals surface area contributed by atoms with Crippen LogP contribution in [0.3, 0.4) is 0 Å². The summed E-state index contributed by atoms with van der Waals surface area (Å²) in [4.78, 5) is 8.54. The number of aliphatic hydroxyl groups is 1. The quantitative estimate of drug-likeness (QED) is 0.502. The number of methoxy groups -OCH3 is 1. The highest BCUT2D eigenvalue weighted by Crippen LogP contribution is 2.41. The van der Waals surface area contributed by atoms with Crippen LogP contribution in [0.5, 0.6) is 5.75 Å². The van der Waals surface area contributed by atoms with Crippen LogP contribution < -0.4 is 10.1 Å². The molecule has 1 atom stereocenters. The van der Waals surface area contributed by atoms with Gasteiger partial charge in [-0.25, -0.2) is 23.1 Å². The van der Waals surface area contributed by atoms with E-state index in [0.29, 0.717) is 52.4 Å². The molecule has 3 aromatic rings. The largest absolute Gasteiger partial charge is 0.616 e. The van der Waals surface area contributed by atoms with Gasteiger partial charge in [-0.2, -0.15) is 0 Å². The number of halogens is 3. The molecule has 176 valence electrons. The Morgan fingerprint density at radius 2 is 1.88 bits per heavy atom. The van der Waals surface area contributed by atoms with Crippen LogP contribution in [0.2, 0.25) is 0 Å². The number of fused-ring (bicyclic) bond motifs is 1. The first kappa shape index (κ1) is 23.6. The van der Waals surface area contributed by atoms with Crippen molar-refractivity contribution in [3.05, 3.63) is 59.2 Å². The van der Waals surface area contributed by atoms with Crippen LogP contribution in [0.1, 0.15) is 48.9 Å². The zero-order valence-electron chi connectivity index (χ0n) is 18.1. The van der Waals surface area contributed by atoms with Gasteiger partial charge >= 0.3 is 0 Å². The Kier molecular flexibility index (Phi) is 6.69. The van der Waals surface area contributed by atoms with Crippen molar-refractivity contribution in [2.24, 2.45) is 0 Å². The third kappa shape index (κ3) is 4.60. The Labute approximate surface area is 192 Å². The van der Waals surface area contributed by atoms with Gasteiger partial charge in [0.1, 0.15) is 40.8 Å². The summed E-state index contributed by atoms with van der Waals surface area (Å²) in [5.74, 6) is 0.612. The molecule has 1 aliphatic heterocycles. The molecule has 1 fully saturated rings. The van der Waals surface area contributed by atoms with Crippen molar-refractivity contribution < 1.29 is 27.6 Å². The van der Waals surface area contributed by atoms with Crippen molar-refractivity contribution >= 4 is 27.9 Å². The summed E-state index contributed by atoms with van der Waals surface area (Å²) in [6, 6.07) is 6.64. The summed E-state index contributed by atoms with van der Waals surface area (Å²) >= 11 is -0.964. The fraction of sp³-hybridized carbons (Fsp3) is 0.391. The first-order valence-corrected chi connectivity index (χ1v) is 12.0. The van der Waals surface area contributed by atoms with Gasteiger partial charge in [-0.15, -0.1) is 0 Å². The number of hydrogen-bond donors (Lipinski definition) is 2. The second-order valence-corrected chi connectivity index (χ2v) is 9.78. The lowest BCUT2D eigenvalue weighted by Crippen LogP contribution is -2.37. The monoisotopic (exact) mass is 479 g/mol. The average Bonchev–Trinajstić information content (AvgIpc) is 2.80. The van der Waals surface area contributed by atoms with Crippen LogP contribution in [0.15, 0.2) is 36.7 Å². The summed E-state index contributed by atoms with van der Waals surface area (Å²) in [5, 5.41) is 15.0. The maximum absolute atomic E-state index is 14.7. The SMILES string of the molecule is COc1cc2ncnc(NC(C)c3cccc(C(F)F)c3F)c2cc1C1(O)CC[S+]([O-])CC1. The zero-order valence-corrected chi connectivity index (χ0v) is 19.0. The Bertz CT molecular complexity index is 1160. The number of aromatic nitrogens is 2. The van der Waals surface area contributed by atoms with Crippen molar-refractivity contribution in [1.29, 1.82) is 0 Å². The van der Waals surface area contributed by atoms with Crippen molar-refractivity contribution in [2.75, 3.05) is 23.9 Å². The average molecular weight is 480 g/mol. The predicted molar refractivity (Wildman–Crippen MR) is 120 cm³/mol. The molecule has 1 saturated heterocycles. The zero-order chi connectivity index (χ0) is 23.8. The predicted octanol–water partition coefficient (Wildman–Crippen LogP) is 4.62. The van der Waals surface area contributed by atoms with Crippen LogP contribution >= 0.6 is 0 Å². The molecule has 0 radical (unpaired) electrons. The third-order valence-corrected chi connectivity index (χ3v) is 7.38. The molecule has 4 rings (SSSR count). The van der Waals surface area contributed by atoms with E-state index in [1.54, 1.807) is 19.1 Å². The molecule has 2 aromatic carbocycles. The maximum atomic E-state index is 14.7. The van der Waals surface area contributed by atoms with Gasteiger partial charge in [0.05, 0.1) is 24.2 Å². The summed E-state index contributed by atoms with van der Waals surface area (Å²) in [6.07, 6.45) is -0.946. The number of nitrogens with one attached hydrogen (secondary N) is 1. The highest BCUT2D eigenvalue weighted by Gasteiger charge is 2.39. The van der Waals surface area contributed by atoms with Gasteiger partial charge in [-0.05, 0) is 13.0 Å². The summed E-state index contributed by atoms with van der Waals surface area (Å²) in [7, 11) is 1.50. The van der Waals surface area contributed by atoms with E-state index in [9.17, 15) is 22.8 Å². The second-order valence-electron chi connectivity index (χ2n) is 8.09. The smallest absolute Gasteiger partial charge is 0.266 e. The first-order valence-electron chi connectivity index (χ1n) is 10.5. The number of ether oxygens (including phenoxy) is 1. The van der Waals surface area contributed by atoms with Crippen molar-refractivity contribution in [3.63, 3.8) is 0 Å². The molecule has 0 aliphatic carbocycles. The molecule has 1 unspecified atom stereocenters. The molecule has 2 N–H and O–H groups in total. The van der Waals surface area contributed by atoms with E-state index >= 15 is 0 Å². The van der Waals surface area contributed by atoms with Gasteiger partial charge in [-0.1, -0.05) is 29.4 Å². The second kappa shape index (κ2) is 9.36. The van der Waals surface area contributed by atoms with Gasteiger partial charge < -0.3 is 19.7 Å². The standard InChI is InChI=1S/C23H24F3N3O3S/c1-13(14-4-3-5-15(20(14)24)21(25)26)29-22-16-10-17(23(30)6-8-33(31)9-7-23)19(32-2)11-18(16)27-12-28-22/h3-5,10-13,21,30H,6-9H2,1-2H3,(H,27,28,29). The summed E-state index contributed by atoms with van der Waals surface area (Å²) < 4.78 is 58.2. The van der Waals surface area contributed by atoms with Crippen LogP contribution in [0.25, 0.3) is 10.9 Å². The van der Waals surface area contributed by atoms with Crippen LogP contribution in [0, 0.1) is 5.82 Å². The number of rotatable bonds is 6. The molecule has 1 aliphatic rings. The Hall–Kier alpha value is -2.56. The Balaban J connectivity index is 1.74. The molecule has 1 aromatic heterocycles. The number of hydrogen-bond acceptors (Lipinski definition) is 6. The number of nitrogens with zero attached hydrogens (tertiary/aromatic N) is 2. The molecule has 33 heavy (non-hydrogen) atoms. The molecular formula is C23H24F3N3O3S. The lowest BCUT2D eigenvalue weighted by Gasteiger charge is -2.34. The van der Waals surface area contributed by atoms with Crippen LogP contribution in [-0.4, -0.2) is 38.2 Å². The lowest BCUT2D eigenvalue weighted by atomic mass is 9.86. The minimum absolute atomic E-state index is 0.0849. The van der Waals surface area contributed by atoms with Crippen molar-refractivity contribution in [2.45, 2.75) is 37.8 Å². The van der Waals surface area contributed by atoms with Crippen LogP contribution in [0.4, 0.5) is 19.0 Å². The number of alkyl halides is 2. The Morgan fingerprint density at radius 1 is 1.18 bits per heavy atom. The van der Waals surface area contributed by atoms with E-state index in [4.69, 9.17) is 4.74 Å². The normalized spacial score (nSPS) is 21.9. The first-order chi connectivity index (χ1) is 15.7. The van der Waals surface area contributed by atoms with Gasteiger partial charge in [0.25, 0.3) is 6.43 Å². The van der Waals surface area contributed by atoms with Crippen LogP contribution in [-0.2, 0) is 16.8 Å². The third-order valence-electron chi connectivity index (χ3n) is 6.06. The lowest BCUT2D eigenvalue weighted by molar-refractivity contribution is 0.0242. The fourth-order valence-corrected chi connectivity index (χ4v) is 5.48. The number of anilines is 1. The summed E-state index contributed by atoms with van der Waals surface area (Å²) in [5.41, 5.74) is -0.723. The maximum Gasteiger partial charge on any atom is 0.266 e. The van der Waals surface area contributed by atoms with Gasteiger partial charge in [0.2, 0.25) is 0 Å². The highest BCUT2D eigenvalue weighted by atomic mass is 32.2. The van der Waals surface area contributed by atoms with E-state index in [-0.39, 0.29) is 5.56 Å². The molecular weight excluding hydrogens is 455 g/mol. The minimum atomic E-state index is -2.92. The molecule has 6 nitrogen and oxygen atoms in total. The van der Waals surface area contributed by atoms with E-state index in [1.807, 2.05) is 0 Å². The van der Waals surface area contributed by atoms with E-state index in [2.05, 4.69) is 15.3 Å². The molecule has 0 amide bonds. The molecule has 2 heterocycles. The molecule has 0 bridgehead atoms. The van der Waals surface area contributed by atoms with E-state index in [1.165, 1.54) is 25.6 Å². The van der Waals surface area contributed by atoms with Crippen molar-refractivity contribution in [1.82, 2.24) is 9.97 Å². The summed E-state index contributed by atoms with van der Waals surface area (Å²) in [6.45, 7) is 1.65. The topological polar surface area (TPSA) is 90.3 Å². The van der Waals surface area contributed by atoms with Gasteiger partial charge in [0.15, 0.2) is 0 Å². The molecule has 0 spiro atoms. The van der Waals surface area contributed by atoms with E-state index < -0.39 is 40.6 Å². The van der Waals surface area contributed by atoms with E-state index in [0.717, 1.165) is 6.07 Å². The molecule has 0 saturated carbocycles. The van der Waals surface area contributed by atoms with Gasteiger partial charge in [0, 0.05) is 35.4 Å².